The Hall–Kier alpha value is -2.12. The van der Waals surface area contributed by atoms with Gasteiger partial charge >= 0.3 is 0 Å². The summed E-state index contributed by atoms with van der Waals surface area (Å²) < 4.78 is 7.30. The first kappa shape index (κ1) is 12.9. The van der Waals surface area contributed by atoms with Gasteiger partial charge in [-0.3, -0.25) is 0 Å². The van der Waals surface area contributed by atoms with Crippen molar-refractivity contribution in [2.45, 2.75) is 5.25 Å². The molecule has 4 heteroatoms. The molecule has 2 aromatic rings. The molecule has 100 valence electrons. The van der Waals surface area contributed by atoms with Crippen molar-refractivity contribution in [1.29, 1.82) is 5.26 Å². The van der Waals surface area contributed by atoms with Crippen molar-refractivity contribution in [2.75, 3.05) is 7.11 Å². The van der Waals surface area contributed by atoms with Gasteiger partial charge in [0.2, 0.25) is 0 Å². The van der Waals surface area contributed by atoms with Gasteiger partial charge in [0, 0.05) is 24.5 Å². The number of nitrogens with zero attached hydrogens (tertiary/aromatic N) is 2. The van der Waals surface area contributed by atoms with E-state index < -0.39 is 0 Å². The van der Waals surface area contributed by atoms with Crippen molar-refractivity contribution in [3.63, 3.8) is 0 Å². The summed E-state index contributed by atoms with van der Waals surface area (Å²) in [6, 6.07) is 12.4. The highest BCUT2D eigenvalue weighted by Crippen LogP contribution is 2.45. The smallest absolute Gasteiger partial charge is 0.118 e. The predicted molar refractivity (Wildman–Crippen MR) is 81.4 cm³/mol. The molecule has 0 saturated heterocycles. The molecule has 0 amide bonds. The molecule has 1 unspecified atom stereocenters. The van der Waals surface area contributed by atoms with Gasteiger partial charge in [-0.2, -0.15) is 5.26 Å². The van der Waals surface area contributed by atoms with Crippen molar-refractivity contribution >= 4 is 17.3 Å². The largest absolute Gasteiger partial charge is 0.497 e. The van der Waals surface area contributed by atoms with Gasteiger partial charge in [-0.15, -0.1) is 11.8 Å². The molecule has 1 atom stereocenters. The second-order valence-electron chi connectivity index (χ2n) is 4.66. The number of ether oxygens (including phenoxy) is 1. The van der Waals surface area contributed by atoms with Crippen molar-refractivity contribution in [3.8, 4) is 11.8 Å². The maximum absolute atomic E-state index is 9.21. The Morgan fingerprint density at radius 1 is 1.25 bits per heavy atom. The zero-order valence-electron chi connectivity index (χ0n) is 11.3. The van der Waals surface area contributed by atoms with E-state index in [4.69, 9.17) is 4.74 Å². The summed E-state index contributed by atoms with van der Waals surface area (Å²) in [6.45, 7) is 0. The highest BCUT2D eigenvalue weighted by Gasteiger charge is 2.26. The molecule has 0 spiro atoms. The topological polar surface area (TPSA) is 37.9 Å². The van der Waals surface area contributed by atoms with Crippen LogP contribution in [0, 0.1) is 11.3 Å². The molecule has 3 rings (SSSR count). The minimum Gasteiger partial charge on any atom is -0.497 e. The van der Waals surface area contributed by atoms with Crippen molar-refractivity contribution < 1.29 is 4.74 Å². The van der Waals surface area contributed by atoms with Gasteiger partial charge < -0.3 is 9.30 Å². The van der Waals surface area contributed by atoms with Gasteiger partial charge in [-0.05, 0) is 29.2 Å². The first-order valence-corrected chi connectivity index (χ1v) is 7.24. The van der Waals surface area contributed by atoms with E-state index in [2.05, 4.69) is 22.8 Å². The Bertz CT molecular complexity index is 707. The molecule has 1 aromatic heterocycles. The molecule has 0 saturated carbocycles. The summed E-state index contributed by atoms with van der Waals surface area (Å²) in [5.41, 5.74) is 4.18. The van der Waals surface area contributed by atoms with E-state index in [0.717, 1.165) is 16.9 Å². The normalized spacial score (nSPS) is 17.1. The number of aromatic nitrogens is 1. The number of rotatable bonds is 2. The SMILES string of the molecule is COc1ccc(C2SC=C(C#N)c3ccn(C)c32)cc1. The van der Waals surface area contributed by atoms with Crippen molar-refractivity contribution in [2.24, 2.45) is 7.05 Å². The number of allylic oxidation sites excluding steroid dienone is 1. The molecule has 0 N–H and O–H groups in total. The van der Waals surface area contributed by atoms with Gasteiger partial charge in [0.05, 0.1) is 17.9 Å². The number of benzene rings is 1. The minimum atomic E-state index is 0.216. The fourth-order valence-electron chi connectivity index (χ4n) is 2.46. The number of thioether (sulfide) groups is 1. The average molecular weight is 282 g/mol. The second-order valence-corrected chi connectivity index (χ2v) is 5.64. The summed E-state index contributed by atoms with van der Waals surface area (Å²) in [7, 11) is 3.69. The number of hydrogen-bond donors (Lipinski definition) is 0. The number of nitriles is 1. The number of methoxy groups -OCH3 is 1. The molecule has 0 bridgehead atoms. The fraction of sp³-hybridized carbons (Fsp3) is 0.188. The Morgan fingerprint density at radius 3 is 2.65 bits per heavy atom. The van der Waals surface area contributed by atoms with Crippen LogP contribution in [0.5, 0.6) is 5.75 Å². The van der Waals surface area contributed by atoms with Crippen molar-refractivity contribution in [1.82, 2.24) is 4.57 Å². The number of fused-ring (bicyclic) bond motifs is 1. The van der Waals surface area contributed by atoms with Crippen LogP contribution < -0.4 is 4.74 Å². The lowest BCUT2D eigenvalue weighted by molar-refractivity contribution is 0.414. The molecular formula is C16H14N2OS. The van der Waals surface area contributed by atoms with Crippen LogP contribution in [0.1, 0.15) is 22.1 Å². The summed E-state index contributed by atoms with van der Waals surface area (Å²) in [6.07, 6.45) is 2.01. The lowest BCUT2D eigenvalue weighted by Crippen LogP contribution is -2.07. The summed E-state index contributed by atoms with van der Waals surface area (Å²) in [5, 5.41) is 11.4. The standard InChI is InChI=1S/C16H14N2OS/c1-18-8-7-14-12(9-17)10-20-16(15(14)18)11-3-5-13(19-2)6-4-11/h3-8,10,16H,1-2H3. The van der Waals surface area contributed by atoms with Crippen LogP contribution in [0.4, 0.5) is 0 Å². The summed E-state index contributed by atoms with van der Waals surface area (Å²) in [4.78, 5) is 0. The van der Waals surface area contributed by atoms with Gasteiger partial charge in [-0.25, -0.2) is 0 Å². The van der Waals surface area contributed by atoms with Gasteiger partial charge in [0.1, 0.15) is 11.8 Å². The monoisotopic (exact) mass is 282 g/mol. The van der Waals surface area contributed by atoms with E-state index in [0.29, 0.717) is 0 Å². The van der Waals surface area contributed by atoms with Crippen LogP contribution >= 0.6 is 11.8 Å². The van der Waals surface area contributed by atoms with Crippen LogP contribution in [-0.2, 0) is 7.05 Å². The van der Waals surface area contributed by atoms with Gasteiger partial charge in [-0.1, -0.05) is 12.1 Å². The van der Waals surface area contributed by atoms with Crippen LogP contribution in [0.2, 0.25) is 0 Å². The molecule has 3 nitrogen and oxygen atoms in total. The van der Waals surface area contributed by atoms with E-state index in [1.807, 2.05) is 36.9 Å². The first-order chi connectivity index (χ1) is 9.74. The molecule has 1 aromatic carbocycles. The molecule has 20 heavy (non-hydrogen) atoms. The summed E-state index contributed by atoms with van der Waals surface area (Å²) in [5.74, 6) is 0.856. The Morgan fingerprint density at radius 2 is 2.00 bits per heavy atom. The predicted octanol–water partition coefficient (Wildman–Crippen LogP) is 3.73. The summed E-state index contributed by atoms with van der Waals surface area (Å²) >= 11 is 1.68. The zero-order chi connectivity index (χ0) is 14.1. The van der Waals surface area contributed by atoms with Gasteiger partial charge in [0.15, 0.2) is 0 Å². The first-order valence-electron chi connectivity index (χ1n) is 6.30. The quantitative estimate of drug-likeness (QED) is 0.842. The van der Waals surface area contributed by atoms with Crippen LogP contribution in [-0.4, -0.2) is 11.7 Å². The Labute approximate surface area is 122 Å². The van der Waals surface area contributed by atoms with E-state index in [-0.39, 0.29) is 5.25 Å². The Balaban J connectivity index is 2.06. The third-order valence-electron chi connectivity index (χ3n) is 3.52. The van der Waals surface area contributed by atoms with E-state index >= 15 is 0 Å². The third kappa shape index (κ3) is 2.00. The van der Waals surface area contributed by atoms with E-state index in [1.165, 1.54) is 11.3 Å². The van der Waals surface area contributed by atoms with Gasteiger partial charge in [0.25, 0.3) is 0 Å². The van der Waals surface area contributed by atoms with E-state index in [9.17, 15) is 5.26 Å². The average Bonchev–Trinajstić information content (AvgIpc) is 2.89. The highest BCUT2D eigenvalue weighted by atomic mass is 32.2. The van der Waals surface area contributed by atoms with Crippen molar-refractivity contribution in [3.05, 3.63) is 58.8 Å². The maximum atomic E-state index is 9.21. The third-order valence-corrected chi connectivity index (χ3v) is 4.66. The molecule has 0 fully saturated rings. The minimum absolute atomic E-state index is 0.216. The number of hydrogen-bond acceptors (Lipinski definition) is 3. The molecule has 0 radical (unpaired) electrons. The molecule has 0 aliphatic carbocycles. The number of aryl methyl sites for hydroxylation is 1. The Kier molecular flexibility index (Phi) is 3.29. The maximum Gasteiger partial charge on any atom is 0.118 e. The second kappa shape index (κ2) is 5.10. The molecular weight excluding hydrogens is 268 g/mol. The molecule has 2 heterocycles. The zero-order valence-corrected chi connectivity index (χ0v) is 12.1. The van der Waals surface area contributed by atoms with Crippen LogP contribution in [0.3, 0.4) is 0 Å². The van der Waals surface area contributed by atoms with E-state index in [1.54, 1.807) is 18.9 Å². The fourth-order valence-corrected chi connectivity index (χ4v) is 3.65. The van der Waals surface area contributed by atoms with Crippen LogP contribution in [0.25, 0.3) is 5.57 Å². The lowest BCUT2D eigenvalue weighted by Gasteiger charge is -2.22. The highest BCUT2D eigenvalue weighted by molar-refractivity contribution is 8.02. The van der Waals surface area contributed by atoms with Crippen LogP contribution in [0.15, 0.2) is 41.9 Å². The lowest BCUT2D eigenvalue weighted by atomic mass is 10.0. The molecule has 1 aliphatic heterocycles. The molecule has 1 aliphatic rings.